The predicted octanol–water partition coefficient (Wildman–Crippen LogP) is 4.14. The van der Waals surface area contributed by atoms with Crippen molar-refractivity contribution in [1.29, 1.82) is 0 Å². The molecule has 0 bridgehead atoms. The van der Waals surface area contributed by atoms with Gasteiger partial charge in [0.1, 0.15) is 11.6 Å². The Labute approximate surface area is 221 Å². The van der Waals surface area contributed by atoms with Crippen molar-refractivity contribution in [3.63, 3.8) is 0 Å². The van der Waals surface area contributed by atoms with Crippen LogP contribution in [0, 0.1) is 11.6 Å². The minimum Gasteiger partial charge on any atom is -0.367 e. The summed E-state index contributed by atoms with van der Waals surface area (Å²) in [6, 6.07) is 6.63. The maximum absolute atomic E-state index is 15.5. The van der Waals surface area contributed by atoms with Crippen molar-refractivity contribution >= 4 is 23.2 Å². The third-order valence-corrected chi connectivity index (χ3v) is 7.02. The van der Waals surface area contributed by atoms with Gasteiger partial charge in [0.05, 0.1) is 22.5 Å². The second kappa shape index (κ2) is 10.9. The number of H-pyrrole nitrogens is 1. The number of nitrogens with two attached hydrogens (primary N) is 1. The molecular weight excluding hydrogens is 518 g/mol. The molecule has 1 aliphatic heterocycles. The Kier molecular flexibility index (Phi) is 7.77. The van der Waals surface area contributed by atoms with E-state index in [0.717, 1.165) is 18.3 Å². The van der Waals surface area contributed by atoms with E-state index in [4.69, 9.17) is 5.73 Å². The van der Waals surface area contributed by atoms with Crippen LogP contribution in [0.25, 0.3) is 11.1 Å². The van der Waals surface area contributed by atoms with Gasteiger partial charge in [0.15, 0.2) is 0 Å². The number of pyridine rings is 1. The molecule has 12 heteroatoms. The van der Waals surface area contributed by atoms with Crippen LogP contribution in [0.5, 0.6) is 0 Å². The highest BCUT2D eigenvalue weighted by Crippen LogP contribution is 2.37. The standard InChI is InChI=1S/C27H27F4N5O3/c1-13-11-36(12-14(2)35(13)3)23-9-21(29)17(15-4-5-16(26(32)38)20(28)6-15)7-22(23)34-27(39)19-10-33-24(37)8-18(19)25(30)31/h4-10,13-14,25H,11-12H2,1-3H3,(H2,32,38)(H,33,37)(H,34,39). The Bertz CT molecular complexity index is 1480. The van der Waals surface area contributed by atoms with Gasteiger partial charge in [-0.15, -0.1) is 0 Å². The van der Waals surface area contributed by atoms with Crippen LogP contribution in [0.15, 0.2) is 47.4 Å². The van der Waals surface area contributed by atoms with Crippen molar-refractivity contribution < 1.29 is 27.2 Å². The molecule has 0 spiro atoms. The van der Waals surface area contributed by atoms with Crippen LogP contribution in [0.4, 0.5) is 28.9 Å². The van der Waals surface area contributed by atoms with Crippen molar-refractivity contribution in [2.24, 2.45) is 5.73 Å². The van der Waals surface area contributed by atoms with Crippen molar-refractivity contribution in [1.82, 2.24) is 9.88 Å². The Morgan fingerprint density at radius 2 is 1.69 bits per heavy atom. The number of piperazine rings is 1. The molecule has 2 unspecified atom stereocenters. The third kappa shape index (κ3) is 5.65. The Balaban J connectivity index is 1.83. The smallest absolute Gasteiger partial charge is 0.264 e. The van der Waals surface area contributed by atoms with Crippen LogP contribution >= 0.6 is 0 Å². The summed E-state index contributed by atoms with van der Waals surface area (Å²) < 4.78 is 57.2. The zero-order valence-electron chi connectivity index (χ0n) is 21.4. The molecule has 206 valence electrons. The van der Waals surface area contributed by atoms with Gasteiger partial charge in [0.2, 0.25) is 5.56 Å². The molecule has 0 aliphatic carbocycles. The molecule has 1 saturated heterocycles. The first-order chi connectivity index (χ1) is 18.4. The van der Waals surface area contributed by atoms with Gasteiger partial charge < -0.3 is 20.9 Å². The average Bonchev–Trinajstić information content (AvgIpc) is 2.87. The van der Waals surface area contributed by atoms with E-state index >= 15 is 4.39 Å². The summed E-state index contributed by atoms with van der Waals surface area (Å²) in [6.45, 7) is 4.94. The number of carbonyl (C=O) groups is 2. The van der Waals surface area contributed by atoms with E-state index < -0.39 is 46.6 Å². The van der Waals surface area contributed by atoms with Crippen LogP contribution < -0.4 is 21.5 Å². The maximum Gasteiger partial charge on any atom is 0.264 e. The first-order valence-corrected chi connectivity index (χ1v) is 12.1. The SMILES string of the molecule is CC1CN(c2cc(F)c(-c3ccc(C(N)=O)c(F)c3)cc2NC(=O)c2c[nH]c(=O)cc2C(F)F)CC(C)N1C. The van der Waals surface area contributed by atoms with Gasteiger partial charge in [-0.25, -0.2) is 17.6 Å². The summed E-state index contributed by atoms with van der Waals surface area (Å²) >= 11 is 0. The fraction of sp³-hybridized carbons (Fsp3) is 0.296. The van der Waals surface area contributed by atoms with Gasteiger partial charge in [0.25, 0.3) is 18.2 Å². The number of nitrogens with one attached hydrogen (secondary N) is 2. The Morgan fingerprint density at radius 3 is 2.28 bits per heavy atom. The fourth-order valence-corrected chi connectivity index (χ4v) is 4.68. The van der Waals surface area contributed by atoms with E-state index in [1.165, 1.54) is 18.2 Å². The number of primary amides is 1. The number of carbonyl (C=O) groups excluding carboxylic acids is 2. The average molecular weight is 546 g/mol. The zero-order valence-corrected chi connectivity index (χ0v) is 21.4. The van der Waals surface area contributed by atoms with Gasteiger partial charge >= 0.3 is 0 Å². The molecule has 2 atom stereocenters. The molecule has 2 aromatic carbocycles. The van der Waals surface area contributed by atoms with Crippen LogP contribution in [-0.2, 0) is 0 Å². The number of rotatable bonds is 6. The molecule has 0 radical (unpaired) electrons. The van der Waals surface area contributed by atoms with Crippen molar-refractivity contribution in [3.05, 3.63) is 81.3 Å². The third-order valence-electron chi connectivity index (χ3n) is 7.02. The number of aromatic amines is 1. The Morgan fingerprint density at radius 1 is 1.03 bits per heavy atom. The van der Waals surface area contributed by atoms with E-state index in [0.29, 0.717) is 24.8 Å². The van der Waals surface area contributed by atoms with Gasteiger partial charge in [-0.05, 0) is 50.7 Å². The van der Waals surface area contributed by atoms with E-state index in [1.807, 2.05) is 25.8 Å². The normalized spacial score (nSPS) is 17.9. The van der Waals surface area contributed by atoms with Gasteiger partial charge in [-0.2, -0.15) is 0 Å². The summed E-state index contributed by atoms with van der Waals surface area (Å²) in [5, 5.41) is 2.58. The molecule has 3 aromatic rings. The monoisotopic (exact) mass is 545 g/mol. The number of alkyl halides is 2. The predicted molar refractivity (Wildman–Crippen MR) is 139 cm³/mol. The van der Waals surface area contributed by atoms with Gasteiger partial charge in [-0.1, -0.05) is 6.07 Å². The number of anilines is 2. The van der Waals surface area contributed by atoms with Crippen LogP contribution in [0.3, 0.4) is 0 Å². The van der Waals surface area contributed by atoms with E-state index in [2.05, 4.69) is 15.2 Å². The number of nitrogens with zero attached hydrogens (tertiary/aromatic N) is 2. The fourth-order valence-electron chi connectivity index (χ4n) is 4.68. The van der Waals surface area contributed by atoms with Crippen molar-refractivity contribution in [2.45, 2.75) is 32.4 Å². The molecule has 8 nitrogen and oxygen atoms in total. The van der Waals surface area contributed by atoms with Crippen LogP contribution in [0.2, 0.25) is 0 Å². The minimum atomic E-state index is -3.10. The molecular formula is C27H27F4N5O3. The number of amides is 2. The summed E-state index contributed by atoms with van der Waals surface area (Å²) in [7, 11) is 1.96. The highest BCUT2D eigenvalue weighted by atomic mass is 19.3. The molecule has 1 fully saturated rings. The lowest BCUT2D eigenvalue weighted by atomic mass is 9.99. The van der Waals surface area contributed by atoms with E-state index in [-0.39, 0.29) is 34.5 Å². The second-order valence-electron chi connectivity index (χ2n) is 9.60. The van der Waals surface area contributed by atoms with Gasteiger partial charge in [0, 0.05) is 48.6 Å². The van der Waals surface area contributed by atoms with Gasteiger partial charge in [-0.3, -0.25) is 19.3 Å². The molecule has 4 N–H and O–H groups in total. The lowest BCUT2D eigenvalue weighted by Gasteiger charge is -2.44. The molecule has 2 amide bonds. The molecule has 39 heavy (non-hydrogen) atoms. The maximum atomic E-state index is 15.5. The lowest BCUT2D eigenvalue weighted by Crippen LogP contribution is -2.55. The number of hydrogen-bond donors (Lipinski definition) is 3. The Hall–Kier alpha value is -4.19. The molecule has 2 heterocycles. The summed E-state index contributed by atoms with van der Waals surface area (Å²) in [5.41, 5.74) is 3.12. The quantitative estimate of drug-likeness (QED) is 0.404. The summed E-state index contributed by atoms with van der Waals surface area (Å²) in [5.74, 6) is -3.63. The summed E-state index contributed by atoms with van der Waals surface area (Å²) in [6.07, 6.45) is -2.20. The zero-order chi connectivity index (χ0) is 28.6. The number of aromatic nitrogens is 1. The highest BCUT2D eigenvalue weighted by Gasteiger charge is 2.30. The minimum absolute atomic E-state index is 0.0643. The molecule has 1 aliphatic rings. The topological polar surface area (TPSA) is 112 Å². The van der Waals surface area contributed by atoms with E-state index in [9.17, 15) is 27.6 Å². The first-order valence-electron chi connectivity index (χ1n) is 12.1. The second-order valence-corrected chi connectivity index (χ2v) is 9.60. The largest absolute Gasteiger partial charge is 0.367 e. The number of likely N-dealkylation sites (N-methyl/N-ethyl adjacent to an activating group) is 1. The number of hydrogen-bond acceptors (Lipinski definition) is 5. The molecule has 4 rings (SSSR count). The number of benzene rings is 2. The molecule has 1 aromatic heterocycles. The van der Waals surface area contributed by atoms with Crippen LogP contribution in [0.1, 0.15) is 46.6 Å². The summed E-state index contributed by atoms with van der Waals surface area (Å²) in [4.78, 5) is 42.4. The lowest BCUT2D eigenvalue weighted by molar-refractivity contribution is 0.0992. The van der Waals surface area contributed by atoms with Crippen molar-refractivity contribution in [2.75, 3.05) is 30.4 Å². The van der Waals surface area contributed by atoms with Crippen LogP contribution in [-0.4, -0.2) is 53.9 Å². The van der Waals surface area contributed by atoms with E-state index in [1.54, 1.807) is 0 Å². The van der Waals surface area contributed by atoms with Crippen molar-refractivity contribution in [3.8, 4) is 11.1 Å². The molecule has 0 saturated carbocycles. The first kappa shape index (κ1) is 27.8. The number of halogens is 4. The highest BCUT2D eigenvalue weighted by molar-refractivity contribution is 6.07.